The standard InChI is InChI=1S/C18H28N2O/c1-20(13-14-4-3-9-19-12-14)17-7-5-15-6-8-18(21-2)11-16(15)10-17/h6,8,11,14,17,19H,3-5,7,9-10,12-13H2,1-2H3. The van der Waals surface area contributed by atoms with Crippen LogP contribution in [0.3, 0.4) is 0 Å². The quantitative estimate of drug-likeness (QED) is 0.921. The molecule has 0 spiro atoms. The third-order valence-corrected chi connectivity index (χ3v) is 5.18. The van der Waals surface area contributed by atoms with Gasteiger partial charge < -0.3 is 15.0 Å². The van der Waals surface area contributed by atoms with E-state index in [1.165, 1.54) is 62.9 Å². The predicted molar refractivity (Wildman–Crippen MR) is 87.0 cm³/mol. The fraction of sp³-hybridized carbons (Fsp3) is 0.667. The Balaban J connectivity index is 1.61. The van der Waals surface area contributed by atoms with Gasteiger partial charge in [0, 0.05) is 12.6 Å². The summed E-state index contributed by atoms with van der Waals surface area (Å²) in [4.78, 5) is 2.60. The molecule has 2 atom stereocenters. The van der Waals surface area contributed by atoms with Crippen LogP contribution in [-0.2, 0) is 12.8 Å². The van der Waals surface area contributed by atoms with E-state index in [2.05, 4.69) is 35.5 Å². The topological polar surface area (TPSA) is 24.5 Å². The van der Waals surface area contributed by atoms with Gasteiger partial charge in [0.2, 0.25) is 0 Å². The number of rotatable bonds is 4. The van der Waals surface area contributed by atoms with Gasteiger partial charge in [0.05, 0.1) is 7.11 Å². The van der Waals surface area contributed by atoms with Crippen LogP contribution in [0.25, 0.3) is 0 Å². The highest BCUT2D eigenvalue weighted by atomic mass is 16.5. The van der Waals surface area contributed by atoms with Crippen molar-refractivity contribution in [2.45, 2.75) is 38.1 Å². The Morgan fingerprint density at radius 1 is 1.29 bits per heavy atom. The van der Waals surface area contributed by atoms with Crippen molar-refractivity contribution in [3.8, 4) is 5.75 Å². The third-order valence-electron chi connectivity index (χ3n) is 5.18. The minimum absolute atomic E-state index is 0.687. The van der Waals surface area contributed by atoms with E-state index in [9.17, 15) is 0 Å². The Morgan fingerprint density at radius 2 is 2.19 bits per heavy atom. The Hall–Kier alpha value is -1.06. The van der Waals surface area contributed by atoms with Crippen LogP contribution >= 0.6 is 0 Å². The number of ether oxygens (including phenoxy) is 1. The maximum Gasteiger partial charge on any atom is 0.119 e. The molecule has 0 radical (unpaired) electrons. The van der Waals surface area contributed by atoms with Gasteiger partial charge in [0.25, 0.3) is 0 Å². The monoisotopic (exact) mass is 288 g/mol. The number of fused-ring (bicyclic) bond motifs is 1. The number of nitrogens with one attached hydrogen (secondary N) is 1. The molecule has 2 aliphatic rings. The lowest BCUT2D eigenvalue weighted by molar-refractivity contribution is 0.175. The smallest absolute Gasteiger partial charge is 0.119 e. The van der Waals surface area contributed by atoms with Crippen LogP contribution < -0.4 is 10.1 Å². The molecule has 1 aromatic rings. The van der Waals surface area contributed by atoms with Crippen LogP contribution in [0.2, 0.25) is 0 Å². The first kappa shape index (κ1) is 14.9. The van der Waals surface area contributed by atoms with Crippen LogP contribution in [0, 0.1) is 5.92 Å². The minimum atomic E-state index is 0.687. The van der Waals surface area contributed by atoms with E-state index >= 15 is 0 Å². The summed E-state index contributed by atoms with van der Waals surface area (Å²) in [5.41, 5.74) is 3.00. The molecule has 1 aliphatic heterocycles. The summed E-state index contributed by atoms with van der Waals surface area (Å²) in [7, 11) is 4.06. The van der Waals surface area contributed by atoms with Gasteiger partial charge in [0.15, 0.2) is 0 Å². The molecule has 21 heavy (non-hydrogen) atoms. The summed E-state index contributed by atoms with van der Waals surface area (Å²) in [6, 6.07) is 7.26. The van der Waals surface area contributed by atoms with Crippen LogP contribution in [0.4, 0.5) is 0 Å². The Kier molecular flexibility index (Phi) is 4.81. The maximum absolute atomic E-state index is 5.38. The van der Waals surface area contributed by atoms with Crippen molar-refractivity contribution in [3.63, 3.8) is 0 Å². The van der Waals surface area contributed by atoms with Gasteiger partial charge >= 0.3 is 0 Å². The number of hydrogen-bond donors (Lipinski definition) is 1. The average molecular weight is 288 g/mol. The van der Waals surface area contributed by atoms with Crippen molar-refractivity contribution >= 4 is 0 Å². The van der Waals surface area contributed by atoms with Gasteiger partial charge in [-0.25, -0.2) is 0 Å². The zero-order valence-corrected chi connectivity index (χ0v) is 13.4. The second kappa shape index (κ2) is 6.80. The van der Waals surface area contributed by atoms with Gasteiger partial charge in [0.1, 0.15) is 5.75 Å². The summed E-state index contributed by atoms with van der Waals surface area (Å²) >= 11 is 0. The molecule has 3 rings (SSSR count). The number of aryl methyl sites for hydroxylation is 1. The second-order valence-electron chi connectivity index (χ2n) is 6.68. The van der Waals surface area contributed by atoms with Gasteiger partial charge in [-0.05, 0) is 81.4 Å². The van der Waals surface area contributed by atoms with E-state index in [0.717, 1.165) is 11.7 Å². The number of likely N-dealkylation sites (N-methyl/N-ethyl adjacent to an activating group) is 1. The van der Waals surface area contributed by atoms with Crippen molar-refractivity contribution in [2.75, 3.05) is 33.8 Å². The molecule has 0 amide bonds. The Labute approximate surface area is 128 Å². The molecular weight excluding hydrogens is 260 g/mol. The zero-order chi connectivity index (χ0) is 14.7. The van der Waals surface area contributed by atoms with Crippen LogP contribution in [-0.4, -0.2) is 44.7 Å². The number of hydrogen-bond acceptors (Lipinski definition) is 3. The summed E-state index contributed by atoms with van der Waals surface area (Å²) in [6.07, 6.45) is 6.38. The van der Waals surface area contributed by atoms with E-state index in [1.54, 1.807) is 7.11 Å². The SMILES string of the molecule is COc1ccc2c(c1)CC(N(C)CC1CCCNC1)CC2. The fourth-order valence-corrected chi connectivity index (χ4v) is 3.85. The third kappa shape index (κ3) is 3.58. The average Bonchev–Trinajstić information content (AvgIpc) is 2.54. The molecule has 1 aromatic carbocycles. The number of benzene rings is 1. The molecule has 0 saturated carbocycles. The first-order valence-corrected chi connectivity index (χ1v) is 8.33. The molecule has 1 N–H and O–H groups in total. The summed E-state index contributed by atoms with van der Waals surface area (Å²) < 4.78 is 5.38. The Bertz CT molecular complexity index is 468. The maximum atomic E-state index is 5.38. The first-order valence-electron chi connectivity index (χ1n) is 8.33. The van der Waals surface area contributed by atoms with Crippen LogP contribution in [0.15, 0.2) is 18.2 Å². The number of nitrogens with zero attached hydrogens (tertiary/aromatic N) is 1. The lowest BCUT2D eigenvalue weighted by Crippen LogP contribution is -2.43. The van der Waals surface area contributed by atoms with Crippen molar-refractivity contribution < 1.29 is 4.74 Å². The molecule has 116 valence electrons. The van der Waals surface area contributed by atoms with Gasteiger partial charge in [-0.15, -0.1) is 0 Å². The van der Waals surface area contributed by atoms with Crippen molar-refractivity contribution in [2.24, 2.45) is 5.92 Å². The van der Waals surface area contributed by atoms with E-state index in [0.29, 0.717) is 6.04 Å². The highest BCUT2D eigenvalue weighted by molar-refractivity contribution is 5.37. The molecule has 1 aliphatic carbocycles. The number of piperidine rings is 1. The van der Waals surface area contributed by atoms with E-state index in [1.807, 2.05) is 0 Å². The van der Waals surface area contributed by atoms with Crippen LogP contribution in [0.5, 0.6) is 5.75 Å². The molecule has 0 aromatic heterocycles. The summed E-state index contributed by atoms with van der Waals surface area (Å²) in [5.74, 6) is 1.82. The van der Waals surface area contributed by atoms with Crippen molar-refractivity contribution in [3.05, 3.63) is 29.3 Å². The van der Waals surface area contributed by atoms with E-state index < -0.39 is 0 Å². The summed E-state index contributed by atoms with van der Waals surface area (Å²) in [5, 5.41) is 3.53. The highest BCUT2D eigenvalue weighted by Crippen LogP contribution is 2.28. The lowest BCUT2D eigenvalue weighted by atomic mass is 9.87. The minimum Gasteiger partial charge on any atom is -0.497 e. The van der Waals surface area contributed by atoms with Gasteiger partial charge in [-0.3, -0.25) is 0 Å². The molecule has 1 fully saturated rings. The molecule has 1 saturated heterocycles. The normalized spacial score (nSPS) is 25.7. The Morgan fingerprint density at radius 3 is 2.95 bits per heavy atom. The van der Waals surface area contributed by atoms with Gasteiger partial charge in [-0.1, -0.05) is 6.07 Å². The predicted octanol–water partition coefficient (Wildman–Crippen LogP) is 2.48. The summed E-state index contributed by atoms with van der Waals surface area (Å²) in [6.45, 7) is 3.63. The van der Waals surface area contributed by atoms with Crippen LogP contribution in [0.1, 0.15) is 30.4 Å². The van der Waals surface area contributed by atoms with E-state index in [4.69, 9.17) is 4.74 Å². The van der Waals surface area contributed by atoms with E-state index in [-0.39, 0.29) is 0 Å². The fourth-order valence-electron chi connectivity index (χ4n) is 3.85. The molecule has 3 nitrogen and oxygen atoms in total. The van der Waals surface area contributed by atoms with Crippen molar-refractivity contribution in [1.29, 1.82) is 0 Å². The molecule has 0 bridgehead atoms. The molecule has 1 heterocycles. The molecule has 2 unspecified atom stereocenters. The number of methoxy groups -OCH3 is 1. The highest BCUT2D eigenvalue weighted by Gasteiger charge is 2.24. The van der Waals surface area contributed by atoms with Gasteiger partial charge in [-0.2, -0.15) is 0 Å². The molecule has 3 heteroatoms. The zero-order valence-electron chi connectivity index (χ0n) is 13.4. The molecular formula is C18H28N2O. The first-order chi connectivity index (χ1) is 10.3. The van der Waals surface area contributed by atoms with Crippen molar-refractivity contribution in [1.82, 2.24) is 10.2 Å². The second-order valence-corrected chi connectivity index (χ2v) is 6.68. The largest absolute Gasteiger partial charge is 0.497 e. The lowest BCUT2D eigenvalue weighted by Gasteiger charge is -2.36.